The van der Waals surface area contributed by atoms with Crippen molar-refractivity contribution in [3.63, 3.8) is 0 Å². The normalized spacial score (nSPS) is 21.4. The lowest BCUT2D eigenvalue weighted by Crippen LogP contribution is -2.40. The van der Waals surface area contributed by atoms with Crippen molar-refractivity contribution in [1.29, 1.82) is 0 Å². The zero-order valence-electron chi connectivity index (χ0n) is 17.1. The van der Waals surface area contributed by atoms with Crippen molar-refractivity contribution in [2.75, 3.05) is 60.2 Å². The maximum Gasteiger partial charge on any atom is 0.191 e. The Kier molecular flexibility index (Phi) is 10.7. The monoisotopic (exact) mass is 396 g/mol. The lowest BCUT2D eigenvalue weighted by molar-refractivity contribution is 0.0698. The van der Waals surface area contributed by atoms with Gasteiger partial charge in [0.25, 0.3) is 0 Å². The van der Waals surface area contributed by atoms with Crippen molar-refractivity contribution in [2.45, 2.75) is 32.2 Å². The maximum atomic E-state index is 5.51. The number of likely N-dealkylation sites (tertiary alicyclic amines) is 1. The third-order valence-corrected chi connectivity index (χ3v) is 5.80. The van der Waals surface area contributed by atoms with Crippen molar-refractivity contribution in [2.24, 2.45) is 10.9 Å². The van der Waals surface area contributed by atoms with Crippen molar-refractivity contribution in [3.05, 3.63) is 22.4 Å². The molecule has 1 saturated heterocycles. The molecule has 0 aromatic carbocycles. The number of ether oxygens (including phenoxy) is 2. The molecule has 6 nitrogen and oxygen atoms in total. The molecule has 1 fully saturated rings. The van der Waals surface area contributed by atoms with Crippen LogP contribution in [-0.2, 0) is 9.47 Å². The minimum atomic E-state index is 0.486. The number of rotatable bonds is 11. The average Bonchev–Trinajstić information content (AvgIpc) is 3.19. The van der Waals surface area contributed by atoms with Crippen molar-refractivity contribution in [3.8, 4) is 0 Å². The molecule has 2 atom stereocenters. The van der Waals surface area contributed by atoms with Gasteiger partial charge in [0.1, 0.15) is 0 Å². The van der Waals surface area contributed by atoms with Crippen molar-refractivity contribution >= 4 is 17.3 Å². The van der Waals surface area contributed by atoms with Gasteiger partial charge in [-0.2, -0.15) is 0 Å². The van der Waals surface area contributed by atoms with Crippen LogP contribution in [-0.4, -0.2) is 71.0 Å². The Labute approximate surface area is 168 Å². The van der Waals surface area contributed by atoms with E-state index in [2.05, 4.69) is 47.0 Å². The summed E-state index contributed by atoms with van der Waals surface area (Å²) in [4.78, 5) is 8.85. The van der Waals surface area contributed by atoms with Gasteiger partial charge in [-0.05, 0) is 57.1 Å². The first-order valence-corrected chi connectivity index (χ1v) is 11.0. The molecular weight excluding hydrogens is 360 g/mol. The molecule has 1 aliphatic heterocycles. The minimum absolute atomic E-state index is 0.486. The highest BCUT2D eigenvalue weighted by atomic mass is 32.1. The number of guanidine groups is 1. The van der Waals surface area contributed by atoms with Crippen molar-refractivity contribution < 1.29 is 9.47 Å². The van der Waals surface area contributed by atoms with Crippen LogP contribution in [0.25, 0.3) is 0 Å². The summed E-state index contributed by atoms with van der Waals surface area (Å²) in [6.07, 6.45) is 3.45. The van der Waals surface area contributed by atoms with E-state index in [1.54, 1.807) is 7.11 Å². The van der Waals surface area contributed by atoms with E-state index in [4.69, 9.17) is 14.5 Å². The minimum Gasteiger partial charge on any atom is -0.382 e. The molecule has 154 valence electrons. The van der Waals surface area contributed by atoms with E-state index in [0.29, 0.717) is 25.2 Å². The summed E-state index contributed by atoms with van der Waals surface area (Å²) >= 11 is 1.86. The smallest absolute Gasteiger partial charge is 0.191 e. The Morgan fingerprint density at radius 3 is 2.96 bits per heavy atom. The lowest BCUT2D eigenvalue weighted by Gasteiger charge is -2.38. The molecule has 2 rings (SSSR count). The van der Waals surface area contributed by atoms with Gasteiger partial charge < -0.3 is 20.1 Å². The van der Waals surface area contributed by atoms with E-state index in [0.717, 1.165) is 38.6 Å². The second-order valence-electron chi connectivity index (χ2n) is 6.95. The predicted molar refractivity (Wildman–Crippen MR) is 114 cm³/mol. The van der Waals surface area contributed by atoms with E-state index >= 15 is 0 Å². The van der Waals surface area contributed by atoms with Crippen LogP contribution >= 0.6 is 11.3 Å². The van der Waals surface area contributed by atoms with E-state index in [1.807, 2.05) is 11.3 Å². The highest BCUT2D eigenvalue weighted by Crippen LogP contribution is 2.37. The van der Waals surface area contributed by atoms with Crippen LogP contribution < -0.4 is 10.6 Å². The Bertz CT molecular complexity index is 524. The predicted octanol–water partition coefficient (Wildman–Crippen LogP) is 2.74. The molecule has 0 spiro atoms. The van der Waals surface area contributed by atoms with Crippen LogP contribution in [0, 0.1) is 5.92 Å². The molecule has 0 aliphatic carbocycles. The summed E-state index contributed by atoms with van der Waals surface area (Å²) in [7, 11) is 3.93. The number of piperidine rings is 1. The van der Waals surface area contributed by atoms with Gasteiger partial charge in [0.15, 0.2) is 5.96 Å². The topological polar surface area (TPSA) is 58.1 Å². The van der Waals surface area contributed by atoms with E-state index in [9.17, 15) is 0 Å². The number of hydrogen-bond donors (Lipinski definition) is 2. The van der Waals surface area contributed by atoms with Crippen molar-refractivity contribution in [1.82, 2.24) is 15.5 Å². The van der Waals surface area contributed by atoms with E-state index in [1.165, 1.54) is 24.3 Å². The van der Waals surface area contributed by atoms with E-state index in [-0.39, 0.29) is 0 Å². The van der Waals surface area contributed by atoms with Gasteiger partial charge >= 0.3 is 0 Å². The molecule has 0 saturated carbocycles. The molecule has 7 heteroatoms. The molecule has 1 aromatic heterocycles. The van der Waals surface area contributed by atoms with Crippen LogP contribution in [0.5, 0.6) is 0 Å². The number of nitrogens with zero attached hydrogens (tertiary/aromatic N) is 2. The summed E-state index contributed by atoms with van der Waals surface area (Å²) in [6, 6.07) is 4.91. The largest absolute Gasteiger partial charge is 0.382 e. The highest BCUT2D eigenvalue weighted by Gasteiger charge is 2.31. The SMILES string of the molecule is CCNC(=NCC1CCCN(C)C1c1cccs1)NCCCOCCOC. The second-order valence-corrected chi connectivity index (χ2v) is 7.93. The summed E-state index contributed by atoms with van der Waals surface area (Å²) in [5.74, 6) is 1.47. The molecule has 0 radical (unpaired) electrons. The third-order valence-electron chi connectivity index (χ3n) is 4.86. The summed E-state index contributed by atoms with van der Waals surface area (Å²) in [5.41, 5.74) is 0. The second kappa shape index (κ2) is 13.1. The highest BCUT2D eigenvalue weighted by molar-refractivity contribution is 7.10. The number of methoxy groups -OCH3 is 1. The summed E-state index contributed by atoms with van der Waals surface area (Å²) < 4.78 is 10.5. The van der Waals surface area contributed by atoms with Gasteiger partial charge in [0.2, 0.25) is 0 Å². The van der Waals surface area contributed by atoms with E-state index < -0.39 is 0 Å². The molecule has 1 aliphatic rings. The molecule has 0 bridgehead atoms. The molecule has 27 heavy (non-hydrogen) atoms. The van der Waals surface area contributed by atoms with Crippen LogP contribution in [0.15, 0.2) is 22.5 Å². The molecule has 0 amide bonds. The molecule has 2 unspecified atom stereocenters. The van der Waals surface area contributed by atoms with Gasteiger partial charge in [0.05, 0.1) is 13.2 Å². The first-order chi connectivity index (χ1) is 13.3. The fraction of sp³-hybridized carbons (Fsp3) is 0.750. The Hall–Kier alpha value is -1.15. The molecular formula is C20H36N4O2S. The fourth-order valence-electron chi connectivity index (χ4n) is 3.54. The summed E-state index contributed by atoms with van der Waals surface area (Å²) in [6.45, 7) is 7.91. The molecule has 1 aromatic rings. The Balaban J connectivity index is 1.83. The first-order valence-electron chi connectivity index (χ1n) is 10.1. The van der Waals surface area contributed by atoms with Gasteiger partial charge in [0, 0.05) is 44.3 Å². The third kappa shape index (κ3) is 7.78. The number of thiophene rings is 1. The Morgan fingerprint density at radius 1 is 1.33 bits per heavy atom. The fourth-order valence-corrected chi connectivity index (χ4v) is 4.52. The van der Waals surface area contributed by atoms with Gasteiger partial charge in [-0.3, -0.25) is 9.89 Å². The van der Waals surface area contributed by atoms with Gasteiger partial charge in [-0.1, -0.05) is 6.07 Å². The summed E-state index contributed by atoms with van der Waals surface area (Å²) in [5, 5.41) is 8.97. The maximum absolute atomic E-state index is 5.51. The van der Waals surface area contributed by atoms with Gasteiger partial charge in [-0.15, -0.1) is 11.3 Å². The van der Waals surface area contributed by atoms with Crippen LogP contribution in [0.4, 0.5) is 0 Å². The lowest BCUT2D eigenvalue weighted by atomic mass is 9.88. The Morgan fingerprint density at radius 2 is 2.22 bits per heavy atom. The van der Waals surface area contributed by atoms with Gasteiger partial charge in [-0.25, -0.2) is 0 Å². The number of nitrogens with one attached hydrogen (secondary N) is 2. The first kappa shape index (κ1) is 22.1. The zero-order chi connectivity index (χ0) is 19.3. The molecule has 2 N–H and O–H groups in total. The van der Waals surface area contributed by atoms with Crippen LogP contribution in [0.1, 0.15) is 37.1 Å². The average molecular weight is 397 g/mol. The number of hydrogen-bond acceptors (Lipinski definition) is 5. The standard InChI is InChI=1S/C20H36N4O2S/c1-4-21-20(22-10-7-12-26-14-13-25-3)23-16-17-8-5-11-24(2)19(17)18-9-6-15-27-18/h6,9,15,17,19H,4-5,7-8,10-14,16H2,1-3H3,(H2,21,22,23). The van der Waals surface area contributed by atoms with Crippen LogP contribution in [0.3, 0.4) is 0 Å². The van der Waals surface area contributed by atoms with Crippen LogP contribution in [0.2, 0.25) is 0 Å². The quantitative estimate of drug-likeness (QED) is 0.342. The number of aliphatic imine (C=N–C) groups is 1. The molecule has 2 heterocycles. The zero-order valence-corrected chi connectivity index (χ0v) is 17.9.